The number of carbonyl (C=O) groups excluding carboxylic acids is 2. The molecule has 0 saturated carbocycles. The van der Waals surface area contributed by atoms with Crippen LogP contribution in [0, 0.1) is 17.5 Å². The van der Waals surface area contributed by atoms with Crippen molar-refractivity contribution in [1.82, 2.24) is 5.32 Å². The summed E-state index contributed by atoms with van der Waals surface area (Å²) < 4.78 is 39.8. The van der Waals surface area contributed by atoms with Crippen LogP contribution in [0.3, 0.4) is 0 Å². The monoisotopic (exact) mass is 348 g/mol. The third-order valence-electron chi connectivity index (χ3n) is 4.16. The van der Waals surface area contributed by atoms with Gasteiger partial charge in [-0.15, -0.1) is 0 Å². The number of hydrogen-bond acceptors (Lipinski definition) is 2. The summed E-state index contributed by atoms with van der Waals surface area (Å²) in [4.78, 5) is 26.0. The molecule has 1 unspecified atom stereocenters. The summed E-state index contributed by atoms with van der Waals surface area (Å²) in [6, 6.07) is 8.86. The molecule has 1 N–H and O–H groups in total. The lowest BCUT2D eigenvalue weighted by molar-refractivity contribution is -0.118. The van der Waals surface area contributed by atoms with Gasteiger partial charge in [0.15, 0.2) is 17.5 Å². The number of halogens is 3. The predicted molar refractivity (Wildman–Crippen MR) is 85.7 cm³/mol. The Morgan fingerprint density at radius 1 is 1.12 bits per heavy atom. The zero-order valence-electron chi connectivity index (χ0n) is 13.4. The molecule has 2 aromatic carbocycles. The number of fused-ring (bicyclic) bond motifs is 1. The maximum atomic E-state index is 13.6. The number of benzene rings is 2. The number of amides is 2. The molecule has 0 aliphatic carbocycles. The molecule has 0 fully saturated rings. The maximum absolute atomic E-state index is 13.6. The van der Waals surface area contributed by atoms with Gasteiger partial charge >= 0.3 is 0 Å². The molecule has 0 spiro atoms. The summed E-state index contributed by atoms with van der Waals surface area (Å²) in [6.07, 6.45) is 0.702. The lowest BCUT2D eigenvalue weighted by Gasteiger charge is -2.23. The third-order valence-corrected chi connectivity index (χ3v) is 4.16. The third kappa shape index (κ3) is 3.09. The van der Waals surface area contributed by atoms with Crippen LogP contribution in [0.15, 0.2) is 36.4 Å². The summed E-state index contributed by atoms with van der Waals surface area (Å²) in [5, 5.41) is 2.26. The number of para-hydroxylation sites is 1. The molecule has 1 aliphatic heterocycles. The lowest BCUT2D eigenvalue weighted by Crippen LogP contribution is -2.43. The van der Waals surface area contributed by atoms with Gasteiger partial charge in [0, 0.05) is 11.7 Å². The van der Waals surface area contributed by atoms with E-state index in [1.807, 2.05) is 31.2 Å². The van der Waals surface area contributed by atoms with E-state index in [4.69, 9.17) is 0 Å². The fraction of sp³-hybridized carbons (Fsp3) is 0.222. The van der Waals surface area contributed by atoms with Crippen LogP contribution in [0.5, 0.6) is 0 Å². The van der Waals surface area contributed by atoms with Crippen molar-refractivity contribution in [3.63, 3.8) is 0 Å². The fourth-order valence-corrected chi connectivity index (χ4v) is 2.98. The van der Waals surface area contributed by atoms with Gasteiger partial charge in [-0.2, -0.15) is 0 Å². The van der Waals surface area contributed by atoms with Crippen molar-refractivity contribution in [3.8, 4) is 0 Å². The second-order valence-corrected chi connectivity index (χ2v) is 5.85. The number of rotatable bonds is 3. The van der Waals surface area contributed by atoms with E-state index in [2.05, 4.69) is 5.32 Å². The topological polar surface area (TPSA) is 49.4 Å². The highest BCUT2D eigenvalue weighted by Crippen LogP contribution is 2.31. The number of nitrogens with one attached hydrogen (secondary N) is 1. The van der Waals surface area contributed by atoms with Gasteiger partial charge < -0.3 is 10.2 Å². The summed E-state index contributed by atoms with van der Waals surface area (Å²) in [5.41, 5.74) is 1.15. The minimum absolute atomic E-state index is 0.0678. The van der Waals surface area contributed by atoms with Gasteiger partial charge in [-0.3, -0.25) is 9.59 Å². The van der Waals surface area contributed by atoms with Crippen LogP contribution in [-0.2, 0) is 11.2 Å². The molecule has 0 aromatic heterocycles. The van der Waals surface area contributed by atoms with Gasteiger partial charge in [-0.1, -0.05) is 18.2 Å². The molecule has 130 valence electrons. The van der Waals surface area contributed by atoms with Crippen LogP contribution < -0.4 is 10.2 Å². The van der Waals surface area contributed by atoms with Crippen molar-refractivity contribution in [2.24, 2.45) is 0 Å². The Kier molecular flexibility index (Phi) is 4.48. The van der Waals surface area contributed by atoms with Crippen LogP contribution in [0.25, 0.3) is 0 Å². The van der Waals surface area contributed by atoms with Crippen molar-refractivity contribution in [2.45, 2.75) is 19.4 Å². The first-order valence-electron chi connectivity index (χ1n) is 7.71. The van der Waals surface area contributed by atoms with Gasteiger partial charge in [-0.05, 0) is 37.1 Å². The van der Waals surface area contributed by atoms with Gasteiger partial charge in [-0.25, -0.2) is 13.2 Å². The van der Waals surface area contributed by atoms with Crippen molar-refractivity contribution in [2.75, 3.05) is 11.4 Å². The summed E-state index contributed by atoms with van der Waals surface area (Å²) in [5.74, 6) is -6.03. The minimum Gasteiger partial charge on any atom is -0.343 e. The summed E-state index contributed by atoms with van der Waals surface area (Å²) in [6.45, 7) is 1.50. The molecule has 2 aromatic rings. The van der Waals surface area contributed by atoms with Crippen LogP contribution >= 0.6 is 0 Å². The summed E-state index contributed by atoms with van der Waals surface area (Å²) in [7, 11) is 0. The molecule has 0 bridgehead atoms. The van der Waals surface area contributed by atoms with E-state index < -0.39 is 28.9 Å². The molecule has 0 radical (unpaired) electrons. The Morgan fingerprint density at radius 2 is 1.84 bits per heavy atom. The van der Waals surface area contributed by atoms with E-state index in [0.29, 0.717) is 12.5 Å². The number of carbonyl (C=O) groups is 2. The Balaban J connectivity index is 1.71. The molecule has 3 rings (SSSR count). The molecule has 1 atom stereocenters. The van der Waals surface area contributed by atoms with Crippen molar-refractivity contribution in [1.29, 1.82) is 0 Å². The highest BCUT2D eigenvalue weighted by atomic mass is 19.2. The largest absolute Gasteiger partial charge is 0.343 e. The summed E-state index contributed by atoms with van der Waals surface area (Å²) >= 11 is 0. The van der Waals surface area contributed by atoms with E-state index in [0.717, 1.165) is 17.3 Å². The zero-order valence-corrected chi connectivity index (χ0v) is 13.4. The number of nitrogens with zero attached hydrogens (tertiary/aromatic N) is 1. The standard InChI is InChI=1S/C18H15F3N2O2/c1-10-8-11-4-2-3-5-14(11)23(10)15(24)9-22-18(25)12-6-7-13(19)17(21)16(12)20/h2-7,10H,8-9H2,1H3,(H,22,25). The molecule has 0 saturated heterocycles. The smallest absolute Gasteiger partial charge is 0.254 e. The first-order chi connectivity index (χ1) is 11.9. The van der Waals surface area contributed by atoms with E-state index in [1.165, 1.54) is 0 Å². The molecular weight excluding hydrogens is 333 g/mol. The van der Waals surface area contributed by atoms with Crippen LogP contribution in [0.4, 0.5) is 18.9 Å². The van der Waals surface area contributed by atoms with Crippen LogP contribution in [0.1, 0.15) is 22.8 Å². The fourth-order valence-electron chi connectivity index (χ4n) is 2.98. The van der Waals surface area contributed by atoms with Gasteiger partial charge in [0.05, 0.1) is 12.1 Å². The highest BCUT2D eigenvalue weighted by molar-refractivity contribution is 6.01. The Bertz CT molecular complexity index is 854. The maximum Gasteiger partial charge on any atom is 0.254 e. The average Bonchev–Trinajstić information content (AvgIpc) is 2.93. The molecular formula is C18H15F3N2O2. The second-order valence-electron chi connectivity index (χ2n) is 5.85. The number of anilines is 1. The average molecular weight is 348 g/mol. The molecule has 1 aliphatic rings. The Morgan fingerprint density at radius 3 is 2.60 bits per heavy atom. The SMILES string of the molecule is CC1Cc2ccccc2N1C(=O)CNC(=O)c1ccc(F)c(F)c1F. The van der Waals surface area contributed by atoms with Crippen molar-refractivity contribution in [3.05, 3.63) is 65.0 Å². The molecule has 25 heavy (non-hydrogen) atoms. The Labute approximate surface area is 142 Å². The lowest BCUT2D eigenvalue weighted by atomic mass is 10.1. The van der Waals surface area contributed by atoms with Gasteiger partial charge in [0.2, 0.25) is 5.91 Å². The minimum atomic E-state index is -1.72. The second kappa shape index (κ2) is 6.58. The van der Waals surface area contributed by atoms with Gasteiger partial charge in [0.25, 0.3) is 5.91 Å². The van der Waals surface area contributed by atoms with E-state index in [-0.39, 0.29) is 18.5 Å². The van der Waals surface area contributed by atoms with Crippen molar-refractivity contribution >= 4 is 17.5 Å². The first kappa shape index (κ1) is 17.0. The quantitative estimate of drug-likeness (QED) is 0.867. The van der Waals surface area contributed by atoms with E-state index in [9.17, 15) is 22.8 Å². The number of hydrogen-bond donors (Lipinski definition) is 1. The van der Waals surface area contributed by atoms with E-state index in [1.54, 1.807) is 4.90 Å². The van der Waals surface area contributed by atoms with Crippen LogP contribution in [-0.4, -0.2) is 24.4 Å². The molecule has 7 heteroatoms. The van der Waals surface area contributed by atoms with E-state index >= 15 is 0 Å². The Hall–Kier alpha value is -2.83. The first-order valence-corrected chi connectivity index (χ1v) is 7.71. The van der Waals surface area contributed by atoms with Crippen LogP contribution in [0.2, 0.25) is 0 Å². The highest BCUT2D eigenvalue weighted by Gasteiger charge is 2.30. The molecule has 1 heterocycles. The normalized spacial score (nSPS) is 15.8. The zero-order chi connectivity index (χ0) is 18.1. The van der Waals surface area contributed by atoms with Gasteiger partial charge in [0.1, 0.15) is 0 Å². The van der Waals surface area contributed by atoms with Crippen molar-refractivity contribution < 1.29 is 22.8 Å². The molecule has 2 amide bonds. The molecule has 4 nitrogen and oxygen atoms in total. The predicted octanol–water partition coefficient (Wildman–Crippen LogP) is 2.81.